The lowest BCUT2D eigenvalue weighted by atomic mass is 10.0. The molecule has 0 atom stereocenters. The van der Waals surface area contributed by atoms with Crippen LogP contribution in [0.4, 0.5) is 11.5 Å². The van der Waals surface area contributed by atoms with Gasteiger partial charge in [-0.2, -0.15) is 0 Å². The molecule has 0 radical (unpaired) electrons. The van der Waals surface area contributed by atoms with Crippen molar-refractivity contribution in [1.82, 2.24) is 9.55 Å². The summed E-state index contributed by atoms with van der Waals surface area (Å²) in [5, 5.41) is 21.1. The van der Waals surface area contributed by atoms with Gasteiger partial charge in [-0.15, -0.1) is 0 Å². The average Bonchev–Trinajstić information content (AvgIpc) is 3.47. The third-order valence-electron chi connectivity index (χ3n) is 5.97. The van der Waals surface area contributed by atoms with E-state index in [1.807, 2.05) is 0 Å². The molecule has 11 nitrogen and oxygen atoms in total. The Morgan fingerprint density at radius 3 is 2.50 bits per heavy atom. The lowest BCUT2D eigenvalue weighted by Crippen LogP contribution is -2.45. The number of nitro groups is 1. The number of hydrogen-bond donors (Lipinski definition) is 1. The van der Waals surface area contributed by atoms with Crippen molar-refractivity contribution in [2.75, 3.05) is 31.2 Å². The molecule has 1 aliphatic carbocycles. The first-order chi connectivity index (χ1) is 14.4. The van der Waals surface area contributed by atoms with Gasteiger partial charge in [0.25, 0.3) is 0 Å². The average molecular weight is 416 g/mol. The molecule has 0 unspecified atom stereocenters. The molecule has 1 N–H and O–H groups in total. The van der Waals surface area contributed by atoms with Crippen molar-refractivity contribution < 1.29 is 24.3 Å². The van der Waals surface area contributed by atoms with Crippen LogP contribution < -0.4 is 10.3 Å². The summed E-state index contributed by atoms with van der Waals surface area (Å²) in [4.78, 5) is 41.8. The maximum Gasteiger partial charge on any atom is 0.341 e. The summed E-state index contributed by atoms with van der Waals surface area (Å²) in [6.07, 6.45) is 4.09. The van der Waals surface area contributed by atoms with Crippen LogP contribution in [0.3, 0.4) is 0 Å². The standard InChI is InChI=1S/C19H20N4O7/c24-15-12-9-14(23(27)28)17(21-5-3-19(4-6-21)29-7-8-30-19)20-16(12)22(11-1-2-11)10-13(15)18(25)26/h9-11H,1-8H2,(H,25,26). The first kappa shape index (κ1) is 18.9. The number of carbonyl (C=O) groups is 1. The van der Waals surface area contributed by atoms with Gasteiger partial charge in [0, 0.05) is 44.2 Å². The molecule has 2 saturated heterocycles. The monoisotopic (exact) mass is 416 g/mol. The number of carboxylic acid groups (broad SMARTS) is 1. The highest BCUT2D eigenvalue weighted by Gasteiger charge is 2.41. The smallest absolute Gasteiger partial charge is 0.341 e. The number of nitrogens with zero attached hydrogens (tertiary/aromatic N) is 4. The van der Waals surface area contributed by atoms with E-state index in [1.165, 1.54) is 6.20 Å². The number of piperidine rings is 1. The van der Waals surface area contributed by atoms with Crippen molar-refractivity contribution in [1.29, 1.82) is 0 Å². The highest BCUT2D eigenvalue weighted by atomic mass is 16.7. The third kappa shape index (κ3) is 3.01. The summed E-state index contributed by atoms with van der Waals surface area (Å²) in [7, 11) is 0. The molecule has 0 aromatic carbocycles. The van der Waals surface area contributed by atoms with E-state index >= 15 is 0 Å². The van der Waals surface area contributed by atoms with Crippen molar-refractivity contribution in [2.45, 2.75) is 37.5 Å². The first-order valence-corrected chi connectivity index (χ1v) is 9.89. The van der Waals surface area contributed by atoms with Crippen molar-refractivity contribution in [3.63, 3.8) is 0 Å². The van der Waals surface area contributed by atoms with E-state index < -0.39 is 27.7 Å². The van der Waals surface area contributed by atoms with E-state index in [4.69, 9.17) is 9.47 Å². The minimum Gasteiger partial charge on any atom is -0.477 e. The molecule has 0 bridgehead atoms. The molecule has 4 heterocycles. The van der Waals surface area contributed by atoms with Gasteiger partial charge in [-0.25, -0.2) is 9.78 Å². The topological polar surface area (TPSA) is 137 Å². The highest BCUT2D eigenvalue weighted by Crippen LogP contribution is 2.39. The molecular formula is C19H20N4O7. The predicted octanol–water partition coefficient (Wildman–Crippen LogP) is 1.68. The Morgan fingerprint density at radius 2 is 1.93 bits per heavy atom. The van der Waals surface area contributed by atoms with E-state index in [1.54, 1.807) is 9.47 Å². The summed E-state index contributed by atoms with van der Waals surface area (Å²) < 4.78 is 13.1. The van der Waals surface area contributed by atoms with Crippen LogP contribution in [0.2, 0.25) is 0 Å². The van der Waals surface area contributed by atoms with E-state index in [0.717, 1.165) is 18.9 Å². The number of rotatable bonds is 4. The number of hydrogen-bond acceptors (Lipinski definition) is 8. The molecule has 1 saturated carbocycles. The van der Waals surface area contributed by atoms with Crippen molar-refractivity contribution in [3.05, 3.63) is 38.2 Å². The molecule has 30 heavy (non-hydrogen) atoms. The van der Waals surface area contributed by atoms with Crippen LogP contribution in [0.5, 0.6) is 0 Å². The highest BCUT2D eigenvalue weighted by molar-refractivity contribution is 5.93. The molecule has 158 valence electrons. The Bertz CT molecular complexity index is 1110. The van der Waals surface area contributed by atoms with E-state index in [2.05, 4.69) is 4.98 Å². The summed E-state index contributed by atoms with van der Waals surface area (Å²) in [5.41, 5.74) is -1.20. The maximum absolute atomic E-state index is 12.7. The van der Waals surface area contributed by atoms with Gasteiger partial charge in [-0.3, -0.25) is 14.9 Å². The summed E-state index contributed by atoms with van der Waals surface area (Å²) >= 11 is 0. The molecule has 11 heteroatoms. The number of aromatic nitrogens is 2. The second kappa shape index (κ2) is 6.74. The van der Waals surface area contributed by atoms with Crippen molar-refractivity contribution in [2.24, 2.45) is 0 Å². The molecule has 1 spiro atoms. The van der Waals surface area contributed by atoms with Gasteiger partial charge in [-0.1, -0.05) is 0 Å². The summed E-state index contributed by atoms with van der Waals surface area (Å²) in [6.45, 7) is 1.99. The minimum absolute atomic E-state index is 0.0397. The number of carboxylic acids is 1. The van der Waals surface area contributed by atoms with Crippen molar-refractivity contribution >= 4 is 28.5 Å². The summed E-state index contributed by atoms with van der Waals surface area (Å²) in [6, 6.07) is 1.20. The van der Waals surface area contributed by atoms with Gasteiger partial charge in [0.2, 0.25) is 11.2 Å². The fourth-order valence-electron chi connectivity index (χ4n) is 4.25. The third-order valence-corrected chi connectivity index (χ3v) is 5.97. The van der Waals surface area contributed by atoms with Gasteiger partial charge in [-0.05, 0) is 12.8 Å². The number of aromatic carboxylic acids is 1. The van der Waals surface area contributed by atoms with E-state index in [0.29, 0.717) is 39.1 Å². The second-order valence-electron chi connectivity index (χ2n) is 7.87. The van der Waals surface area contributed by atoms with Crippen molar-refractivity contribution in [3.8, 4) is 0 Å². The predicted molar refractivity (Wildman–Crippen MR) is 104 cm³/mol. The van der Waals surface area contributed by atoms with Gasteiger partial charge < -0.3 is 24.0 Å². The minimum atomic E-state index is -1.36. The molecular weight excluding hydrogens is 396 g/mol. The first-order valence-electron chi connectivity index (χ1n) is 9.89. The number of anilines is 1. The van der Waals surface area contributed by atoms with Gasteiger partial charge in [0.1, 0.15) is 11.2 Å². The van der Waals surface area contributed by atoms with Crippen LogP contribution in [0.15, 0.2) is 17.1 Å². The SMILES string of the molecule is O=C(O)c1cn(C2CC2)c2nc(N3CCC4(CC3)OCCO4)c([N+](=O)[O-])cc2c1=O. The Kier molecular flexibility index (Phi) is 4.26. The number of ether oxygens (including phenoxy) is 2. The quantitative estimate of drug-likeness (QED) is 0.583. The lowest BCUT2D eigenvalue weighted by molar-refractivity contribution is -0.384. The summed E-state index contributed by atoms with van der Waals surface area (Å²) in [5.74, 6) is -1.81. The van der Waals surface area contributed by atoms with Gasteiger partial charge in [0.05, 0.1) is 23.5 Å². The van der Waals surface area contributed by atoms with Gasteiger partial charge >= 0.3 is 11.7 Å². The van der Waals surface area contributed by atoms with E-state index in [9.17, 15) is 24.8 Å². The molecule has 2 aromatic heterocycles. The second-order valence-corrected chi connectivity index (χ2v) is 7.87. The largest absolute Gasteiger partial charge is 0.477 e. The zero-order chi connectivity index (χ0) is 21.0. The number of pyridine rings is 2. The van der Waals surface area contributed by atoms with Crippen LogP contribution in [0.1, 0.15) is 42.1 Å². The van der Waals surface area contributed by atoms with Gasteiger partial charge in [0.15, 0.2) is 5.79 Å². The fraction of sp³-hybridized carbons (Fsp3) is 0.526. The Morgan fingerprint density at radius 1 is 1.27 bits per heavy atom. The van der Waals surface area contributed by atoms with Crippen LogP contribution in [0.25, 0.3) is 11.0 Å². The van der Waals surface area contributed by atoms with E-state index in [-0.39, 0.29) is 28.6 Å². The molecule has 3 aliphatic rings. The number of fused-ring (bicyclic) bond motifs is 1. The molecule has 2 aromatic rings. The Labute approximate surface area is 170 Å². The zero-order valence-corrected chi connectivity index (χ0v) is 16.1. The normalized spacial score (nSPS) is 20.7. The van der Waals surface area contributed by atoms with Crippen LogP contribution >= 0.6 is 0 Å². The zero-order valence-electron chi connectivity index (χ0n) is 16.1. The van der Waals surface area contributed by atoms with Crippen LogP contribution in [-0.2, 0) is 9.47 Å². The fourth-order valence-corrected chi connectivity index (χ4v) is 4.25. The van der Waals surface area contributed by atoms with Crippen LogP contribution in [0, 0.1) is 10.1 Å². The maximum atomic E-state index is 12.7. The molecule has 3 fully saturated rings. The lowest BCUT2D eigenvalue weighted by Gasteiger charge is -2.37. The Hall–Kier alpha value is -3.05. The molecule has 0 amide bonds. The molecule has 2 aliphatic heterocycles. The van der Waals surface area contributed by atoms with Crippen LogP contribution in [-0.4, -0.2) is 57.6 Å². The Balaban J connectivity index is 1.63. The molecule has 5 rings (SSSR count).